The minimum Gasteiger partial charge on any atom is -0.242 e. The summed E-state index contributed by atoms with van der Waals surface area (Å²) in [6.45, 7) is 0. The third-order valence-electron chi connectivity index (χ3n) is 3.63. The average Bonchev–Trinajstić information content (AvgIpc) is 2.48. The van der Waals surface area contributed by atoms with Crippen LogP contribution in [-0.2, 0) is 9.47 Å². The van der Waals surface area contributed by atoms with Gasteiger partial charge in [0, 0.05) is 0 Å². The summed E-state index contributed by atoms with van der Waals surface area (Å²) >= 11 is 0. The van der Waals surface area contributed by atoms with E-state index in [1.807, 2.05) is 0 Å². The summed E-state index contributed by atoms with van der Waals surface area (Å²) in [5.41, 5.74) is 0. The van der Waals surface area contributed by atoms with Crippen molar-refractivity contribution in [1.29, 1.82) is 0 Å². The minimum absolute atomic E-state index is 1.73. The lowest BCUT2D eigenvalue weighted by atomic mass is 10.2. The van der Waals surface area contributed by atoms with Crippen LogP contribution in [0.1, 0.15) is 0 Å². The number of hydrogen-bond donors (Lipinski definition) is 0. The third kappa shape index (κ3) is 3.04. The van der Waals surface area contributed by atoms with E-state index in [0.29, 0.717) is 0 Å². The van der Waals surface area contributed by atoms with Gasteiger partial charge in [0.1, 0.15) is 0 Å². The van der Waals surface area contributed by atoms with Crippen LogP contribution in [0.2, 0.25) is 0 Å². The van der Waals surface area contributed by atoms with E-state index in [1.165, 1.54) is 0 Å². The van der Waals surface area contributed by atoms with Crippen LogP contribution in [-0.4, -0.2) is 58.4 Å². The molecule has 4 nitrogen and oxygen atoms in total. The van der Waals surface area contributed by atoms with E-state index in [1.54, 1.807) is 9.47 Å². The smallest absolute Gasteiger partial charge is 0.242 e. The van der Waals surface area contributed by atoms with Crippen LogP contribution in [0.5, 0.6) is 0 Å². The second-order valence-electron chi connectivity index (χ2n) is 5.69. The number of alkyl halides is 16. The highest BCUT2D eigenvalue weighted by Crippen LogP contribution is 2.62. The fourth-order valence-electron chi connectivity index (χ4n) is 2.24. The van der Waals surface area contributed by atoms with Gasteiger partial charge >= 0.3 is 54.7 Å². The molecule has 32 heavy (non-hydrogen) atoms. The molecule has 0 saturated carbocycles. The molecule has 2 aliphatic rings. The van der Waals surface area contributed by atoms with Crippen molar-refractivity contribution in [2.75, 3.05) is 0 Å². The number of hydrogen-bond acceptors (Lipinski definition) is 4. The van der Waals surface area contributed by atoms with Crippen LogP contribution in [0.4, 0.5) is 79.0 Å². The van der Waals surface area contributed by atoms with Crippen molar-refractivity contribution in [1.82, 2.24) is 9.80 Å². The van der Waals surface area contributed by atoms with Gasteiger partial charge in [0.2, 0.25) is 0 Å². The zero-order chi connectivity index (χ0) is 25.7. The van der Waals surface area contributed by atoms with Gasteiger partial charge in [-0.15, -0.1) is 0 Å². The van der Waals surface area contributed by atoms with Gasteiger partial charge < -0.3 is 0 Å². The molecule has 2 aliphatic heterocycles. The molecule has 0 bridgehead atoms. The third-order valence-corrected chi connectivity index (χ3v) is 3.63. The molecule has 2 fully saturated rings. The maximum atomic E-state index is 13.7. The monoisotopic (exact) mass is 522 g/mol. The Kier molecular flexibility index (Phi) is 5.18. The van der Waals surface area contributed by atoms with Gasteiger partial charge in [0.05, 0.1) is 0 Å². The fourth-order valence-corrected chi connectivity index (χ4v) is 2.24. The van der Waals surface area contributed by atoms with E-state index in [9.17, 15) is 79.0 Å². The number of morpholine rings is 2. The molecule has 0 N–H and O–H groups in total. The maximum absolute atomic E-state index is 13.7. The summed E-state index contributed by atoms with van der Waals surface area (Å²) in [4.78, 5) is -7.73. The van der Waals surface area contributed by atoms with Crippen molar-refractivity contribution in [2.45, 2.75) is 48.6 Å². The number of ether oxygens (including phenoxy) is 2. The largest absolute Gasteiger partial charge is 0.445 e. The predicted molar refractivity (Wildman–Crippen MR) is 54.7 cm³/mol. The Hall–Kier alpha value is -2.00. The Bertz CT molecular complexity index is 705. The van der Waals surface area contributed by atoms with Gasteiger partial charge in [-0.1, -0.05) is 0 Å². The topological polar surface area (TPSA) is 24.9 Å². The zero-order valence-electron chi connectivity index (χ0n) is 13.5. The van der Waals surface area contributed by atoms with E-state index in [4.69, 9.17) is 0 Å². The normalized spacial score (nSPS) is 30.6. The Morgan fingerprint density at radius 1 is 0.406 bits per heavy atom. The van der Waals surface area contributed by atoms with Crippen LogP contribution in [0.3, 0.4) is 0 Å². The van der Waals surface area contributed by atoms with Gasteiger partial charge in [0.15, 0.2) is 5.82 Å². The van der Waals surface area contributed by atoms with Crippen LogP contribution in [0.25, 0.3) is 0 Å². The van der Waals surface area contributed by atoms with Crippen LogP contribution in [0.15, 0.2) is 11.9 Å². The lowest BCUT2D eigenvalue weighted by Crippen LogP contribution is -2.79. The molecule has 2 saturated heterocycles. The Balaban J connectivity index is 2.97. The summed E-state index contributed by atoms with van der Waals surface area (Å²) in [6.07, 6.45) is -33.4. The lowest BCUT2D eigenvalue weighted by molar-refractivity contribution is -0.579. The standard InChI is InChI=1S/C10F18N2O2/c11-1(12)2(29-3(13,14)7(21,22)31-8(23,24)4(29,15)16)30-5(17,18)9(25,26)32-10(27,28)6(30,19)20. The van der Waals surface area contributed by atoms with Crippen molar-refractivity contribution < 1.29 is 88.5 Å². The molecule has 0 aromatic rings. The van der Waals surface area contributed by atoms with Crippen molar-refractivity contribution in [3.05, 3.63) is 11.9 Å². The minimum atomic E-state index is -7.45. The van der Waals surface area contributed by atoms with Crippen LogP contribution >= 0.6 is 0 Å². The maximum Gasteiger partial charge on any atom is 0.445 e. The molecular weight excluding hydrogens is 522 g/mol. The van der Waals surface area contributed by atoms with Crippen molar-refractivity contribution in [3.63, 3.8) is 0 Å². The predicted octanol–water partition coefficient (Wildman–Crippen LogP) is 5.46. The molecule has 0 aromatic carbocycles. The van der Waals surface area contributed by atoms with Gasteiger partial charge in [0.25, 0.3) is 0 Å². The van der Waals surface area contributed by atoms with E-state index < -0.39 is 70.3 Å². The summed E-state index contributed by atoms with van der Waals surface area (Å²) < 4.78 is 244. The molecule has 188 valence electrons. The molecule has 0 aliphatic carbocycles. The van der Waals surface area contributed by atoms with Crippen molar-refractivity contribution >= 4 is 0 Å². The summed E-state index contributed by atoms with van der Waals surface area (Å²) in [6, 6.07) is -29.8. The Labute approximate surface area is 160 Å². The highest BCUT2D eigenvalue weighted by Gasteiger charge is 2.88. The van der Waals surface area contributed by atoms with Gasteiger partial charge in [-0.05, 0) is 0 Å². The number of nitrogens with zero attached hydrogens (tertiary/aromatic N) is 2. The SMILES string of the molecule is FC(F)=C(N1C(F)(F)C(F)(F)OC(F)(F)C1(F)F)N1C(F)(F)C(F)(F)OC(F)(F)C1(F)F. The molecular formula is C10F18N2O2. The molecule has 0 atom stereocenters. The molecule has 0 radical (unpaired) electrons. The fraction of sp³-hybridized carbons (Fsp3) is 0.800. The Morgan fingerprint density at radius 2 is 0.594 bits per heavy atom. The molecule has 0 unspecified atom stereocenters. The van der Waals surface area contributed by atoms with Gasteiger partial charge in [-0.2, -0.15) is 79.0 Å². The van der Waals surface area contributed by atoms with Crippen molar-refractivity contribution in [2.24, 2.45) is 0 Å². The first-order valence-electron chi connectivity index (χ1n) is 6.81. The molecule has 22 heteroatoms. The molecule has 2 heterocycles. The number of halogens is 18. The summed E-state index contributed by atoms with van der Waals surface area (Å²) in [7, 11) is 0. The summed E-state index contributed by atoms with van der Waals surface area (Å²) in [5.74, 6) is -4.96. The van der Waals surface area contributed by atoms with Crippen molar-refractivity contribution in [3.8, 4) is 0 Å². The molecule has 0 spiro atoms. The second-order valence-corrected chi connectivity index (χ2v) is 5.69. The van der Waals surface area contributed by atoms with E-state index in [-0.39, 0.29) is 0 Å². The quantitative estimate of drug-likeness (QED) is 0.356. The first-order chi connectivity index (χ1) is 13.7. The molecule has 0 aromatic heterocycles. The highest BCUT2D eigenvalue weighted by molar-refractivity contribution is 5.16. The Morgan fingerprint density at radius 3 is 0.750 bits per heavy atom. The average molecular weight is 522 g/mol. The van der Waals surface area contributed by atoms with Crippen LogP contribution < -0.4 is 0 Å². The number of rotatable bonds is 2. The van der Waals surface area contributed by atoms with E-state index >= 15 is 0 Å². The van der Waals surface area contributed by atoms with Gasteiger partial charge in [-0.25, -0.2) is 19.3 Å². The lowest BCUT2D eigenvalue weighted by Gasteiger charge is -2.54. The highest BCUT2D eigenvalue weighted by atomic mass is 19.4. The zero-order valence-corrected chi connectivity index (χ0v) is 13.5. The summed E-state index contributed by atoms with van der Waals surface area (Å²) in [5, 5.41) is 0. The second kappa shape index (κ2) is 6.32. The first kappa shape index (κ1) is 26.3. The van der Waals surface area contributed by atoms with Gasteiger partial charge in [-0.3, -0.25) is 0 Å². The molecule has 2 rings (SSSR count). The van der Waals surface area contributed by atoms with E-state index in [2.05, 4.69) is 0 Å². The first-order valence-corrected chi connectivity index (χ1v) is 6.81. The van der Waals surface area contributed by atoms with E-state index in [0.717, 1.165) is 0 Å². The molecule has 0 amide bonds. The van der Waals surface area contributed by atoms with Crippen LogP contribution in [0, 0.1) is 0 Å².